The molecule has 3 aliphatic rings. The first-order valence-electron chi connectivity index (χ1n) is 17.3. The molecule has 2 aromatic carbocycles. The van der Waals surface area contributed by atoms with Crippen molar-refractivity contribution in [3.63, 3.8) is 0 Å². The van der Waals surface area contributed by atoms with E-state index in [1.807, 2.05) is 67.3 Å². The Kier molecular flexibility index (Phi) is 12.3. The summed E-state index contributed by atoms with van der Waals surface area (Å²) in [6, 6.07) is 14.5. The number of methoxy groups -OCH3 is 1. The van der Waals surface area contributed by atoms with Crippen LogP contribution in [-0.2, 0) is 35.1 Å². The molecule has 2 aromatic rings. The molecular weight excluding hydrogens is 626 g/mol. The maximum atomic E-state index is 14.1. The number of hydrogen-bond acceptors (Lipinski definition) is 7. The standard InChI is InChI=1S/C37H49N5O7/c1-24(2)17-31-37(47)41(15-16-48-3)22-33(43)38-30(18-25-9-5-4-6-10-25)35(45)40-32-21-42(36(46)26-11-7-12-26)20-29(32)27-13-8-14-28(19-27)49-23-34(44)39-31/h4-6,8-10,13-14,19,24,26,29-32H,7,11-12,15-18,20-23H2,1-3H3,(H,38,43)(H,39,44)(H,40,45)/t29-,30-,31+,32+/m0/s1. The average Bonchev–Trinajstić information content (AvgIpc) is 3.47. The Hall–Kier alpha value is -4.45. The van der Waals surface area contributed by atoms with Gasteiger partial charge in [-0.05, 0) is 48.4 Å². The fourth-order valence-corrected chi connectivity index (χ4v) is 6.74. The van der Waals surface area contributed by atoms with Crippen molar-refractivity contribution in [1.82, 2.24) is 25.8 Å². The molecule has 4 atom stereocenters. The number of nitrogens with zero attached hydrogens (tertiary/aromatic N) is 2. The van der Waals surface area contributed by atoms with Crippen molar-refractivity contribution in [2.45, 2.75) is 70.0 Å². The lowest BCUT2D eigenvalue weighted by Gasteiger charge is -2.30. The van der Waals surface area contributed by atoms with E-state index in [0.717, 1.165) is 30.4 Å². The molecule has 264 valence electrons. The van der Waals surface area contributed by atoms with Gasteiger partial charge in [-0.15, -0.1) is 0 Å². The fourth-order valence-electron chi connectivity index (χ4n) is 6.74. The monoisotopic (exact) mass is 675 g/mol. The lowest BCUT2D eigenvalue weighted by atomic mass is 9.84. The molecular formula is C37H49N5O7. The van der Waals surface area contributed by atoms with Crippen molar-refractivity contribution in [2.75, 3.05) is 46.5 Å². The van der Waals surface area contributed by atoms with E-state index in [9.17, 15) is 24.0 Å². The first-order chi connectivity index (χ1) is 23.6. The van der Waals surface area contributed by atoms with Crippen molar-refractivity contribution in [1.29, 1.82) is 0 Å². The van der Waals surface area contributed by atoms with E-state index in [4.69, 9.17) is 9.47 Å². The van der Waals surface area contributed by atoms with Crippen LogP contribution < -0.4 is 20.7 Å². The largest absolute Gasteiger partial charge is 0.484 e. The summed E-state index contributed by atoms with van der Waals surface area (Å²) in [6.45, 7) is 4.29. The Morgan fingerprint density at radius 2 is 1.69 bits per heavy atom. The molecule has 0 radical (unpaired) electrons. The molecule has 2 bridgehead atoms. The number of fused-ring (bicyclic) bond motifs is 4. The normalized spacial score (nSPS) is 24.2. The Morgan fingerprint density at radius 1 is 0.939 bits per heavy atom. The summed E-state index contributed by atoms with van der Waals surface area (Å²) in [4.78, 5) is 71.4. The zero-order valence-corrected chi connectivity index (χ0v) is 28.7. The van der Waals surface area contributed by atoms with Crippen molar-refractivity contribution in [3.05, 3.63) is 65.7 Å². The molecule has 2 heterocycles. The highest BCUT2D eigenvalue weighted by Gasteiger charge is 2.41. The molecule has 3 N–H and O–H groups in total. The molecule has 0 aromatic heterocycles. The quantitative estimate of drug-likeness (QED) is 0.388. The number of carbonyl (C=O) groups is 5. The number of rotatable bonds is 8. The van der Waals surface area contributed by atoms with Crippen LogP contribution in [0.25, 0.3) is 0 Å². The second kappa shape index (κ2) is 16.8. The van der Waals surface area contributed by atoms with Gasteiger partial charge in [0.15, 0.2) is 6.61 Å². The highest BCUT2D eigenvalue weighted by atomic mass is 16.5. The van der Waals surface area contributed by atoms with Crippen molar-refractivity contribution in [3.8, 4) is 5.75 Å². The second-order valence-electron chi connectivity index (χ2n) is 13.8. The summed E-state index contributed by atoms with van der Waals surface area (Å²) in [5.74, 6) is -1.39. The number of nitrogens with one attached hydrogen (secondary N) is 3. The zero-order chi connectivity index (χ0) is 34.9. The predicted octanol–water partition coefficient (Wildman–Crippen LogP) is 2.02. The van der Waals surface area contributed by atoms with Crippen LogP contribution >= 0.6 is 0 Å². The van der Waals surface area contributed by atoms with Crippen LogP contribution in [0.4, 0.5) is 0 Å². The summed E-state index contributed by atoms with van der Waals surface area (Å²) in [5, 5.41) is 8.89. The zero-order valence-electron chi connectivity index (χ0n) is 28.7. The number of carbonyl (C=O) groups excluding carboxylic acids is 5. The number of benzene rings is 2. The summed E-state index contributed by atoms with van der Waals surface area (Å²) in [5.41, 5.74) is 1.71. The van der Waals surface area contributed by atoms with E-state index in [1.165, 1.54) is 12.0 Å². The van der Waals surface area contributed by atoms with Gasteiger partial charge in [0.25, 0.3) is 5.91 Å². The third kappa shape index (κ3) is 9.59. The molecule has 1 aliphatic carbocycles. The minimum atomic E-state index is -0.953. The summed E-state index contributed by atoms with van der Waals surface area (Å²) >= 11 is 0. The second-order valence-corrected chi connectivity index (χ2v) is 13.8. The first-order valence-corrected chi connectivity index (χ1v) is 17.3. The smallest absolute Gasteiger partial charge is 0.258 e. The van der Waals surface area contributed by atoms with Gasteiger partial charge >= 0.3 is 0 Å². The maximum Gasteiger partial charge on any atom is 0.258 e. The number of hydrogen-bond donors (Lipinski definition) is 3. The van der Waals surface area contributed by atoms with Gasteiger partial charge in [0, 0.05) is 45.0 Å². The summed E-state index contributed by atoms with van der Waals surface area (Å²) < 4.78 is 11.1. The van der Waals surface area contributed by atoms with Gasteiger partial charge in [-0.25, -0.2) is 0 Å². The summed E-state index contributed by atoms with van der Waals surface area (Å²) in [7, 11) is 1.50. The third-order valence-electron chi connectivity index (χ3n) is 9.56. The highest BCUT2D eigenvalue weighted by molar-refractivity contribution is 5.93. The van der Waals surface area contributed by atoms with E-state index in [-0.39, 0.29) is 62.3 Å². The molecule has 1 saturated carbocycles. The highest BCUT2D eigenvalue weighted by Crippen LogP contribution is 2.34. The molecule has 1 saturated heterocycles. The SMILES string of the molecule is COCCN1CC(=O)N[C@@H](Cc2ccccc2)C(=O)N[C@@H]2CN(C(=O)C3CCC3)C[C@H]2c2cccc(c2)OCC(=O)N[C@H](CC(C)C)C1=O. The Labute approximate surface area is 288 Å². The van der Waals surface area contributed by atoms with Crippen LogP contribution in [0, 0.1) is 11.8 Å². The van der Waals surface area contributed by atoms with Gasteiger partial charge in [-0.1, -0.05) is 62.7 Å². The van der Waals surface area contributed by atoms with Gasteiger partial charge in [-0.2, -0.15) is 0 Å². The molecule has 12 heteroatoms. The molecule has 49 heavy (non-hydrogen) atoms. The molecule has 0 spiro atoms. The molecule has 5 amide bonds. The van der Waals surface area contributed by atoms with Crippen molar-refractivity contribution in [2.24, 2.45) is 11.8 Å². The molecule has 0 unspecified atom stereocenters. The van der Waals surface area contributed by atoms with Crippen LogP contribution in [0.1, 0.15) is 56.6 Å². The van der Waals surface area contributed by atoms with Gasteiger partial charge in [0.05, 0.1) is 19.2 Å². The Balaban J connectivity index is 1.48. The van der Waals surface area contributed by atoms with Crippen LogP contribution in [0.3, 0.4) is 0 Å². The molecule has 12 nitrogen and oxygen atoms in total. The average molecular weight is 676 g/mol. The van der Waals surface area contributed by atoms with Crippen LogP contribution in [-0.4, -0.2) is 104 Å². The van der Waals surface area contributed by atoms with Crippen LogP contribution in [0.15, 0.2) is 54.6 Å². The van der Waals surface area contributed by atoms with Crippen molar-refractivity contribution < 1.29 is 33.4 Å². The van der Waals surface area contributed by atoms with E-state index in [0.29, 0.717) is 25.3 Å². The first kappa shape index (κ1) is 35.8. The van der Waals surface area contributed by atoms with E-state index in [1.54, 1.807) is 6.07 Å². The topological polar surface area (TPSA) is 146 Å². The molecule has 2 aliphatic heterocycles. The summed E-state index contributed by atoms with van der Waals surface area (Å²) in [6.07, 6.45) is 3.35. The lowest BCUT2D eigenvalue weighted by Crippen LogP contribution is -2.56. The Morgan fingerprint density at radius 3 is 2.39 bits per heavy atom. The van der Waals surface area contributed by atoms with Gasteiger partial charge < -0.3 is 35.2 Å². The minimum absolute atomic E-state index is 0.00571. The lowest BCUT2D eigenvalue weighted by molar-refractivity contribution is -0.141. The van der Waals surface area contributed by atoms with E-state index < -0.39 is 35.8 Å². The van der Waals surface area contributed by atoms with Crippen molar-refractivity contribution >= 4 is 29.5 Å². The van der Waals surface area contributed by atoms with Gasteiger partial charge in [0.1, 0.15) is 17.8 Å². The van der Waals surface area contributed by atoms with Gasteiger partial charge in [-0.3, -0.25) is 24.0 Å². The fraction of sp³-hybridized carbons (Fsp3) is 0.541. The van der Waals surface area contributed by atoms with Gasteiger partial charge in [0.2, 0.25) is 23.6 Å². The van der Waals surface area contributed by atoms with Crippen LogP contribution in [0.5, 0.6) is 5.75 Å². The predicted molar refractivity (Wildman–Crippen MR) is 182 cm³/mol. The Bertz CT molecular complexity index is 1480. The number of amides is 5. The molecule has 5 rings (SSSR count). The van der Waals surface area contributed by atoms with Crippen LogP contribution in [0.2, 0.25) is 0 Å². The van der Waals surface area contributed by atoms with E-state index >= 15 is 0 Å². The number of ether oxygens (including phenoxy) is 2. The molecule has 2 fully saturated rings. The van der Waals surface area contributed by atoms with E-state index in [2.05, 4.69) is 16.0 Å². The third-order valence-corrected chi connectivity index (χ3v) is 9.56. The number of likely N-dealkylation sites (tertiary alicyclic amines) is 1. The maximum absolute atomic E-state index is 14.1. The minimum Gasteiger partial charge on any atom is -0.484 e.